The summed E-state index contributed by atoms with van der Waals surface area (Å²) in [6.07, 6.45) is 0. The van der Waals surface area contributed by atoms with E-state index in [0.29, 0.717) is 22.7 Å². The van der Waals surface area contributed by atoms with E-state index in [4.69, 9.17) is 11.6 Å². The van der Waals surface area contributed by atoms with E-state index in [-0.39, 0.29) is 18.2 Å². The molecule has 1 aliphatic rings. The van der Waals surface area contributed by atoms with Crippen LogP contribution in [0.3, 0.4) is 0 Å². The summed E-state index contributed by atoms with van der Waals surface area (Å²) in [5, 5.41) is 3.31. The lowest BCUT2D eigenvalue weighted by molar-refractivity contribution is -0.126. The third-order valence-electron chi connectivity index (χ3n) is 4.18. The van der Waals surface area contributed by atoms with Gasteiger partial charge in [-0.05, 0) is 30.2 Å². The topological polar surface area (TPSA) is 66.5 Å². The quantitative estimate of drug-likeness (QED) is 0.889. The molecule has 0 saturated carbocycles. The highest BCUT2D eigenvalue weighted by Gasteiger charge is 2.38. The Kier molecular flexibility index (Phi) is 5.13. The van der Waals surface area contributed by atoms with Gasteiger partial charge in [0.2, 0.25) is 15.9 Å². The zero-order valence-corrected chi connectivity index (χ0v) is 15.3. The van der Waals surface area contributed by atoms with Crippen molar-refractivity contribution in [2.75, 3.05) is 13.1 Å². The number of amides is 1. The van der Waals surface area contributed by atoms with Crippen LogP contribution in [0.5, 0.6) is 0 Å². The molecule has 0 radical (unpaired) electrons. The number of benzene rings is 2. The van der Waals surface area contributed by atoms with Crippen LogP contribution in [0.15, 0.2) is 48.5 Å². The molecule has 1 aliphatic heterocycles. The highest BCUT2D eigenvalue weighted by molar-refractivity contribution is 7.88. The zero-order chi connectivity index (χ0) is 18.0. The van der Waals surface area contributed by atoms with Crippen molar-refractivity contribution in [1.29, 1.82) is 0 Å². The lowest BCUT2D eigenvalue weighted by Gasteiger charge is -2.34. The Bertz CT molecular complexity index is 864. The molecule has 1 saturated heterocycles. The Morgan fingerprint density at radius 3 is 2.40 bits per heavy atom. The molecule has 1 fully saturated rings. The van der Waals surface area contributed by atoms with Crippen LogP contribution in [-0.2, 0) is 20.6 Å². The first-order chi connectivity index (χ1) is 11.9. The number of aryl methyl sites for hydroxylation is 1. The average molecular weight is 379 g/mol. The van der Waals surface area contributed by atoms with Crippen molar-refractivity contribution in [2.24, 2.45) is 0 Å². The molecule has 25 heavy (non-hydrogen) atoms. The number of nitrogens with zero attached hydrogens (tertiary/aromatic N) is 1. The van der Waals surface area contributed by atoms with Gasteiger partial charge in [0, 0.05) is 18.1 Å². The van der Waals surface area contributed by atoms with Crippen LogP contribution in [0.1, 0.15) is 22.7 Å². The monoisotopic (exact) mass is 378 g/mol. The maximum absolute atomic E-state index is 12.9. The van der Waals surface area contributed by atoms with E-state index in [1.54, 1.807) is 36.4 Å². The summed E-state index contributed by atoms with van der Waals surface area (Å²) < 4.78 is 27.2. The Labute approximate surface area is 152 Å². The first-order valence-corrected chi connectivity index (χ1v) is 9.94. The maximum Gasteiger partial charge on any atom is 0.243 e. The number of carbonyl (C=O) groups excluding carboxylic acids is 1. The molecular weight excluding hydrogens is 360 g/mol. The smallest absolute Gasteiger partial charge is 0.243 e. The van der Waals surface area contributed by atoms with Gasteiger partial charge in [-0.2, -0.15) is 4.31 Å². The standard InChI is InChI=1S/C18H19ClN2O3S/c1-13-2-6-15(7-3-13)17-18(22)20-10-11-21(17)25(23,24)12-14-4-8-16(19)9-5-14/h2-9,17H,10-12H2,1H3,(H,20,22). The van der Waals surface area contributed by atoms with E-state index >= 15 is 0 Å². The molecule has 3 rings (SSSR count). The molecule has 1 amide bonds. The van der Waals surface area contributed by atoms with Gasteiger partial charge in [-0.25, -0.2) is 8.42 Å². The van der Waals surface area contributed by atoms with E-state index < -0.39 is 16.1 Å². The third kappa shape index (κ3) is 4.03. The van der Waals surface area contributed by atoms with Gasteiger partial charge in [-0.1, -0.05) is 53.6 Å². The zero-order valence-electron chi connectivity index (χ0n) is 13.8. The molecule has 1 unspecified atom stereocenters. The second-order valence-electron chi connectivity index (χ2n) is 6.10. The SMILES string of the molecule is Cc1ccc(C2C(=O)NCCN2S(=O)(=O)Cc2ccc(Cl)cc2)cc1. The number of carbonyl (C=O) groups is 1. The first-order valence-electron chi connectivity index (χ1n) is 7.95. The van der Waals surface area contributed by atoms with Gasteiger partial charge < -0.3 is 5.32 Å². The largest absolute Gasteiger partial charge is 0.353 e. The minimum Gasteiger partial charge on any atom is -0.353 e. The summed E-state index contributed by atoms with van der Waals surface area (Å²) in [6, 6.07) is 13.2. The lowest BCUT2D eigenvalue weighted by atomic mass is 10.0. The molecule has 132 valence electrons. The Morgan fingerprint density at radius 2 is 1.76 bits per heavy atom. The van der Waals surface area contributed by atoms with Crippen LogP contribution in [-0.4, -0.2) is 31.7 Å². The number of hydrogen-bond acceptors (Lipinski definition) is 3. The van der Waals surface area contributed by atoms with Crippen molar-refractivity contribution < 1.29 is 13.2 Å². The minimum absolute atomic E-state index is 0.167. The number of piperazine rings is 1. The van der Waals surface area contributed by atoms with Crippen LogP contribution < -0.4 is 5.32 Å². The fourth-order valence-electron chi connectivity index (χ4n) is 2.89. The molecule has 2 aromatic rings. The van der Waals surface area contributed by atoms with E-state index in [2.05, 4.69) is 5.32 Å². The van der Waals surface area contributed by atoms with Crippen LogP contribution in [0.25, 0.3) is 0 Å². The molecule has 0 aromatic heterocycles. The number of rotatable bonds is 4. The van der Waals surface area contributed by atoms with Gasteiger partial charge in [0.1, 0.15) is 6.04 Å². The van der Waals surface area contributed by atoms with Gasteiger partial charge in [-0.3, -0.25) is 4.79 Å². The minimum atomic E-state index is -3.66. The van der Waals surface area contributed by atoms with Gasteiger partial charge in [-0.15, -0.1) is 0 Å². The highest BCUT2D eigenvalue weighted by atomic mass is 35.5. The third-order valence-corrected chi connectivity index (χ3v) is 6.24. The van der Waals surface area contributed by atoms with Crippen molar-refractivity contribution >= 4 is 27.5 Å². The van der Waals surface area contributed by atoms with Crippen LogP contribution >= 0.6 is 11.6 Å². The molecular formula is C18H19ClN2O3S. The maximum atomic E-state index is 12.9. The summed E-state index contributed by atoms with van der Waals surface area (Å²) in [6.45, 7) is 2.50. The summed E-state index contributed by atoms with van der Waals surface area (Å²) >= 11 is 5.85. The summed E-state index contributed by atoms with van der Waals surface area (Å²) in [5.74, 6) is -0.463. The van der Waals surface area contributed by atoms with E-state index in [0.717, 1.165) is 5.56 Å². The highest BCUT2D eigenvalue weighted by Crippen LogP contribution is 2.28. The Morgan fingerprint density at radius 1 is 1.12 bits per heavy atom. The molecule has 0 spiro atoms. The second-order valence-corrected chi connectivity index (χ2v) is 8.46. The first kappa shape index (κ1) is 17.9. The van der Waals surface area contributed by atoms with E-state index in [9.17, 15) is 13.2 Å². The molecule has 0 aliphatic carbocycles. The van der Waals surface area contributed by atoms with Crippen molar-refractivity contribution in [3.8, 4) is 0 Å². The fraction of sp³-hybridized carbons (Fsp3) is 0.278. The predicted molar refractivity (Wildman–Crippen MR) is 97.7 cm³/mol. The number of nitrogens with one attached hydrogen (secondary N) is 1. The average Bonchev–Trinajstić information content (AvgIpc) is 2.57. The summed E-state index contributed by atoms with van der Waals surface area (Å²) in [4.78, 5) is 12.4. The predicted octanol–water partition coefficient (Wildman–Crippen LogP) is 2.65. The fourth-order valence-corrected chi connectivity index (χ4v) is 4.70. The molecule has 2 aromatic carbocycles. The van der Waals surface area contributed by atoms with E-state index in [1.807, 2.05) is 19.1 Å². The van der Waals surface area contributed by atoms with Crippen LogP contribution in [0.2, 0.25) is 5.02 Å². The molecule has 5 nitrogen and oxygen atoms in total. The van der Waals surface area contributed by atoms with Crippen molar-refractivity contribution in [1.82, 2.24) is 9.62 Å². The van der Waals surface area contributed by atoms with Crippen LogP contribution in [0.4, 0.5) is 0 Å². The number of sulfonamides is 1. The van der Waals surface area contributed by atoms with Gasteiger partial charge >= 0.3 is 0 Å². The molecule has 0 bridgehead atoms. The molecule has 7 heteroatoms. The number of hydrogen-bond donors (Lipinski definition) is 1. The molecule has 1 N–H and O–H groups in total. The van der Waals surface area contributed by atoms with Gasteiger partial charge in [0.05, 0.1) is 5.75 Å². The summed E-state index contributed by atoms with van der Waals surface area (Å²) in [5.41, 5.74) is 2.36. The van der Waals surface area contributed by atoms with Crippen molar-refractivity contribution in [2.45, 2.75) is 18.7 Å². The van der Waals surface area contributed by atoms with E-state index in [1.165, 1.54) is 4.31 Å². The number of halogens is 1. The molecule has 1 atom stereocenters. The van der Waals surface area contributed by atoms with Gasteiger partial charge in [0.25, 0.3) is 0 Å². The Balaban J connectivity index is 1.92. The second kappa shape index (κ2) is 7.15. The summed E-state index contributed by atoms with van der Waals surface area (Å²) in [7, 11) is -3.66. The van der Waals surface area contributed by atoms with Crippen molar-refractivity contribution in [3.05, 3.63) is 70.2 Å². The Hall–Kier alpha value is -1.89. The van der Waals surface area contributed by atoms with Crippen molar-refractivity contribution in [3.63, 3.8) is 0 Å². The molecule has 1 heterocycles. The normalized spacial score (nSPS) is 18.8. The van der Waals surface area contributed by atoms with Crippen LogP contribution in [0, 0.1) is 6.92 Å². The van der Waals surface area contributed by atoms with Gasteiger partial charge in [0.15, 0.2) is 0 Å². The lowest BCUT2D eigenvalue weighted by Crippen LogP contribution is -2.52.